The van der Waals surface area contributed by atoms with Crippen LogP contribution in [0.2, 0.25) is 0 Å². The number of amides is 1. The van der Waals surface area contributed by atoms with Crippen LogP contribution in [0.4, 0.5) is 0 Å². The first-order chi connectivity index (χ1) is 11.7. The number of benzene rings is 1. The summed E-state index contributed by atoms with van der Waals surface area (Å²) in [7, 11) is 0. The molecule has 0 bridgehead atoms. The van der Waals surface area contributed by atoms with Crippen LogP contribution in [0.25, 0.3) is 6.08 Å². The van der Waals surface area contributed by atoms with Crippen LogP contribution in [0.3, 0.4) is 0 Å². The van der Waals surface area contributed by atoms with Crippen LogP contribution >= 0.6 is 11.3 Å². The van der Waals surface area contributed by atoms with E-state index in [4.69, 9.17) is 4.74 Å². The third-order valence-electron chi connectivity index (χ3n) is 3.46. The second-order valence-electron chi connectivity index (χ2n) is 5.14. The van der Waals surface area contributed by atoms with E-state index in [0.29, 0.717) is 13.0 Å². The summed E-state index contributed by atoms with van der Waals surface area (Å²) in [5.74, 6) is -0.859. The second-order valence-corrected chi connectivity index (χ2v) is 6.12. The number of ether oxygens (including phenoxy) is 1. The lowest BCUT2D eigenvalue weighted by Crippen LogP contribution is -2.28. The maximum atomic E-state index is 12.1. The molecule has 5 nitrogen and oxygen atoms in total. The Hall–Kier alpha value is -2.73. The SMILES string of the molecule is O=C(/C=C/c1cccs1)OCC(=O)N1CCC(c2ccccc2)=N1. The van der Waals surface area contributed by atoms with Gasteiger partial charge in [-0.05, 0) is 23.1 Å². The Morgan fingerprint density at radius 2 is 2.04 bits per heavy atom. The molecule has 0 N–H and O–H groups in total. The zero-order chi connectivity index (χ0) is 16.8. The van der Waals surface area contributed by atoms with E-state index in [-0.39, 0.29) is 12.5 Å². The molecule has 3 rings (SSSR count). The summed E-state index contributed by atoms with van der Waals surface area (Å²) in [6.45, 7) is 0.199. The van der Waals surface area contributed by atoms with E-state index in [1.54, 1.807) is 6.08 Å². The predicted octanol–water partition coefficient (Wildman–Crippen LogP) is 2.94. The van der Waals surface area contributed by atoms with Crippen molar-refractivity contribution in [2.45, 2.75) is 6.42 Å². The van der Waals surface area contributed by atoms with Gasteiger partial charge in [-0.15, -0.1) is 11.3 Å². The average molecular weight is 340 g/mol. The van der Waals surface area contributed by atoms with Crippen molar-refractivity contribution in [3.05, 3.63) is 64.4 Å². The fourth-order valence-corrected chi connectivity index (χ4v) is 2.88. The minimum absolute atomic E-state index is 0.306. The van der Waals surface area contributed by atoms with Gasteiger partial charge in [-0.1, -0.05) is 36.4 Å². The highest BCUT2D eigenvalue weighted by molar-refractivity contribution is 7.10. The van der Waals surface area contributed by atoms with E-state index in [1.165, 1.54) is 22.4 Å². The minimum Gasteiger partial charge on any atom is -0.452 e. The molecule has 0 fully saturated rings. The van der Waals surface area contributed by atoms with E-state index in [9.17, 15) is 9.59 Å². The van der Waals surface area contributed by atoms with Crippen LogP contribution in [-0.2, 0) is 14.3 Å². The molecule has 0 radical (unpaired) electrons. The van der Waals surface area contributed by atoms with Crippen LogP contribution in [0.5, 0.6) is 0 Å². The van der Waals surface area contributed by atoms with Gasteiger partial charge in [0.1, 0.15) is 0 Å². The van der Waals surface area contributed by atoms with Gasteiger partial charge < -0.3 is 4.74 Å². The van der Waals surface area contributed by atoms with E-state index in [0.717, 1.165) is 16.2 Å². The zero-order valence-corrected chi connectivity index (χ0v) is 13.7. The molecule has 0 atom stereocenters. The molecule has 0 aliphatic carbocycles. The van der Waals surface area contributed by atoms with Crippen LogP contribution in [-0.4, -0.2) is 35.7 Å². The van der Waals surface area contributed by atoms with Gasteiger partial charge in [0.15, 0.2) is 6.61 Å². The van der Waals surface area contributed by atoms with Crippen molar-refractivity contribution >= 4 is 35.0 Å². The number of hydrogen-bond acceptors (Lipinski definition) is 5. The molecule has 1 aromatic heterocycles. The number of thiophene rings is 1. The fraction of sp³-hybridized carbons (Fsp3) is 0.167. The largest absolute Gasteiger partial charge is 0.452 e. The number of rotatable bonds is 5. The molecule has 2 heterocycles. The maximum absolute atomic E-state index is 12.1. The lowest BCUT2D eigenvalue weighted by Gasteiger charge is -2.10. The standard InChI is InChI=1S/C18H16N2O3S/c21-17(13-23-18(22)9-8-15-7-4-12-24-15)20-11-10-16(19-20)14-5-2-1-3-6-14/h1-9,12H,10-11,13H2/b9-8+. The summed E-state index contributed by atoms with van der Waals surface area (Å²) < 4.78 is 4.97. The molecule has 0 saturated carbocycles. The average Bonchev–Trinajstić information content (AvgIpc) is 3.30. The van der Waals surface area contributed by atoms with E-state index >= 15 is 0 Å². The third kappa shape index (κ3) is 4.17. The van der Waals surface area contributed by atoms with Crippen LogP contribution in [0.1, 0.15) is 16.9 Å². The van der Waals surface area contributed by atoms with Gasteiger partial charge in [-0.2, -0.15) is 5.10 Å². The van der Waals surface area contributed by atoms with Gasteiger partial charge in [-0.25, -0.2) is 9.80 Å². The number of carbonyl (C=O) groups is 2. The Morgan fingerprint density at radius 1 is 1.21 bits per heavy atom. The lowest BCUT2D eigenvalue weighted by atomic mass is 10.1. The second kappa shape index (κ2) is 7.70. The molecule has 2 aromatic rings. The molecule has 0 saturated heterocycles. The highest BCUT2D eigenvalue weighted by Gasteiger charge is 2.22. The van der Waals surface area contributed by atoms with Crippen LogP contribution in [0.15, 0.2) is 59.0 Å². The molecule has 24 heavy (non-hydrogen) atoms. The molecule has 1 aliphatic heterocycles. The summed E-state index contributed by atoms with van der Waals surface area (Å²) in [5, 5.41) is 7.60. The Bertz CT molecular complexity index is 767. The van der Waals surface area contributed by atoms with Gasteiger partial charge in [0, 0.05) is 17.4 Å². The Morgan fingerprint density at radius 3 is 2.79 bits per heavy atom. The molecular weight excluding hydrogens is 324 g/mol. The van der Waals surface area contributed by atoms with Crippen molar-refractivity contribution in [1.82, 2.24) is 5.01 Å². The quantitative estimate of drug-likeness (QED) is 0.621. The van der Waals surface area contributed by atoms with Crippen molar-refractivity contribution in [2.75, 3.05) is 13.2 Å². The first-order valence-corrected chi connectivity index (χ1v) is 8.42. The van der Waals surface area contributed by atoms with E-state index in [2.05, 4.69) is 5.10 Å². The van der Waals surface area contributed by atoms with Crippen LogP contribution < -0.4 is 0 Å². The number of hydrazone groups is 1. The van der Waals surface area contributed by atoms with E-state index < -0.39 is 5.97 Å². The highest BCUT2D eigenvalue weighted by Crippen LogP contribution is 2.14. The molecule has 1 amide bonds. The molecular formula is C18H16N2O3S. The molecule has 0 unspecified atom stereocenters. The molecule has 1 aromatic carbocycles. The van der Waals surface area contributed by atoms with Crippen LogP contribution in [0, 0.1) is 0 Å². The highest BCUT2D eigenvalue weighted by atomic mass is 32.1. The lowest BCUT2D eigenvalue weighted by molar-refractivity contribution is -0.147. The van der Waals surface area contributed by atoms with Crippen molar-refractivity contribution in [3.63, 3.8) is 0 Å². The molecule has 122 valence electrons. The number of nitrogens with zero attached hydrogens (tertiary/aromatic N) is 2. The van der Waals surface area contributed by atoms with Crippen molar-refractivity contribution in [3.8, 4) is 0 Å². The van der Waals surface area contributed by atoms with Gasteiger partial charge >= 0.3 is 5.97 Å². The summed E-state index contributed by atoms with van der Waals surface area (Å²) in [6, 6.07) is 13.5. The first-order valence-electron chi connectivity index (χ1n) is 7.54. The van der Waals surface area contributed by atoms with Gasteiger partial charge in [-0.3, -0.25) is 4.79 Å². The summed E-state index contributed by atoms with van der Waals surface area (Å²) in [6.07, 6.45) is 3.68. The minimum atomic E-state index is -0.539. The Kier molecular flexibility index (Phi) is 5.18. The molecule has 6 heteroatoms. The third-order valence-corrected chi connectivity index (χ3v) is 4.30. The van der Waals surface area contributed by atoms with Gasteiger partial charge in [0.05, 0.1) is 12.3 Å². The molecule has 0 spiro atoms. The zero-order valence-electron chi connectivity index (χ0n) is 12.9. The topological polar surface area (TPSA) is 59.0 Å². The summed E-state index contributed by atoms with van der Waals surface area (Å²) in [5.41, 5.74) is 1.87. The maximum Gasteiger partial charge on any atom is 0.331 e. The normalized spacial score (nSPS) is 14.0. The monoisotopic (exact) mass is 340 g/mol. The summed E-state index contributed by atoms with van der Waals surface area (Å²) >= 11 is 1.52. The Labute approximate surface area is 143 Å². The van der Waals surface area contributed by atoms with Crippen molar-refractivity contribution in [1.29, 1.82) is 0 Å². The van der Waals surface area contributed by atoms with Crippen molar-refractivity contribution < 1.29 is 14.3 Å². The predicted molar refractivity (Wildman–Crippen MR) is 93.6 cm³/mol. The van der Waals surface area contributed by atoms with Gasteiger partial charge in [0.2, 0.25) is 0 Å². The first kappa shape index (κ1) is 16.1. The number of carbonyl (C=O) groups excluding carboxylic acids is 2. The van der Waals surface area contributed by atoms with Crippen molar-refractivity contribution in [2.24, 2.45) is 5.10 Å². The Balaban J connectivity index is 1.51. The number of esters is 1. The molecule has 1 aliphatic rings. The fourth-order valence-electron chi connectivity index (χ4n) is 2.26. The number of hydrogen-bond donors (Lipinski definition) is 0. The van der Waals surface area contributed by atoms with Gasteiger partial charge in [0.25, 0.3) is 5.91 Å². The summed E-state index contributed by atoms with van der Waals surface area (Å²) in [4.78, 5) is 24.7. The smallest absolute Gasteiger partial charge is 0.331 e. The van der Waals surface area contributed by atoms with E-state index in [1.807, 2.05) is 47.8 Å².